The van der Waals surface area contributed by atoms with Gasteiger partial charge in [-0.05, 0) is 42.2 Å². The number of nitrogens with zero attached hydrogens (tertiary/aromatic N) is 1. The van der Waals surface area contributed by atoms with Crippen molar-refractivity contribution in [3.05, 3.63) is 106 Å². The molecule has 6 heteroatoms. The Labute approximate surface area is 228 Å². The van der Waals surface area contributed by atoms with E-state index in [4.69, 9.17) is 0 Å². The smallest absolute Gasteiger partial charge is 0.243 e. The van der Waals surface area contributed by atoms with Crippen molar-refractivity contribution in [2.24, 2.45) is 0 Å². The maximum absolute atomic E-state index is 13.7. The number of carbonyl (C=O) groups is 2. The van der Waals surface area contributed by atoms with Gasteiger partial charge in [0, 0.05) is 41.4 Å². The summed E-state index contributed by atoms with van der Waals surface area (Å²) in [6, 6.07) is 27.6. The standard InChI is InChI=1S/C30H35BrN2O2S/c1-3-23(2)32-30(35)28(20-24-11-6-4-7-12-24)33(21-26-15-10-16-27(31)19-26)29(34)17-18-36-22-25-13-8-5-9-14-25/h4-16,19,23,28H,3,17-18,20-22H2,1-2H3,(H,32,35)/t23-,28-/m0/s1. The highest BCUT2D eigenvalue weighted by atomic mass is 79.9. The van der Waals surface area contributed by atoms with E-state index >= 15 is 0 Å². The third-order valence-electron chi connectivity index (χ3n) is 6.09. The van der Waals surface area contributed by atoms with E-state index in [2.05, 4.69) is 33.4 Å². The number of amides is 2. The number of hydrogen-bond donors (Lipinski definition) is 1. The molecular weight excluding hydrogens is 532 g/mol. The minimum absolute atomic E-state index is 0.00392. The summed E-state index contributed by atoms with van der Waals surface area (Å²) in [6.07, 6.45) is 1.69. The fourth-order valence-corrected chi connectivity index (χ4v) is 5.23. The monoisotopic (exact) mass is 566 g/mol. The van der Waals surface area contributed by atoms with Crippen LogP contribution in [-0.2, 0) is 28.3 Å². The van der Waals surface area contributed by atoms with Crippen molar-refractivity contribution in [1.82, 2.24) is 10.2 Å². The highest BCUT2D eigenvalue weighted by molar-refractivity contribution is 9.10. The summed E-state index contributed by atoms with van der Waals surface area (Å²) in [5, 5.41) is 3.12. The second kappa shape index (κ2) is 14.9. The molecule has 0 saturated carbocycles. The number of nitrogens with one attached hydrogen (secondary N) is 1. The van der Waals surface area contributed by atoms with Crippen molar-refractivity contribution in [1.29, 1.82) is 0 Å². The predicted octanol–water partition coefficient (Wildman–Crippen LogP) is 6.63. The number of halogens is 1. The molecule has 0 aliphatic rings. The van der Waals surface area contributed by atoms with Crippen LogP contribution in [0.5, 0.6) is 0 Å². The first kappa shape index (κ1) is 28.0. The van der Waals surface area contributed by atoms with Gasteiger partial charge < -0.3 is 10.2 Å². The van der Waals surface area contributed by atoms with Crippen molar-refractivity contribution in [3.63, 3.8) is 0 Å². The van der Waals surface area contributed by atoms with E-state index in [9.17, 15) is 9.59 Å². The normalized spacial score (nSPS) is 12.5. The Bertz CT molecular complexity index is 1090. The molecule has 3 aromatic carbocycles. The van der Waals surface area contributed by atoms with Crippen molar-refractivity contribution < 1.29 is 9.59 Å². The van der Waals surface area contributed by atoms with E-state index in [1.54, 1.807) is 16.7 Å². The molecule has 4 nitrogen and oxygen atoms in total. The molecule has 190 valence electrons. The van der Waals surface area contributed by atoms with Crippen LogP contribution in [0, 0.1) is 0 Å². The Morgan fingerprint density at radius 1 is 0.917 bits per heavy atom. The molecule has 36 heavy (non-hydrogen) atoms. The van der Waals surface area contributed by atoms with Crippen molar-refractivity contribution in [3.8, 4) is 0 Å². The van der Waals surface area contributed by atoms with Gasteiger partial charge in [0.1, 0.15) is 6.04 Å². The number of carbonyl (C=O) groups excluding carboxylic acids is 2. The van der Waals surface area contributed by atoms with Gasteiger partial charge in [-0.2, -0.15) is 11.8 Å². The van der Waals surface area contributed by atoms with Crippen LogP contribution < -0.4 is 5.32 Å². The second-order valence-electron chi connectivity index (χ2n) is 8.96. The Morgan fingerprint density at radius 2 is 1.56 bits per heavy atom. The molecule has 0 fully saturated rings. The molecule has 1 N–H and O–H groups in total. The Morgan fingerprint density at radius 3 is 2.19 bits per heavy atom. The highest BCUT2D eigenvalue weighted by Crippen LogP contribution is 2.20. The van der Waals surface area contributed by atoms with Gasteiger partial charge in [0.25, 0.3) is 0 Å². The van der Waals surface area contributed by atoms with Crippen LogP contribution in [0.1, 0.15) is 43.4 Å². The van der Waals surface area contributed by atoms with E-state index < -0.39 is 6.04 Å². The third-order valence-corrected chi connectivity index (χ3v) is 7.61. The maximum atomic E-state index is 13.7. The summed E-state index contributed by atoms with van der Waals surface area (Å²) in [7, 11) is 0. The molecule has 0 unspecified atom stereocenters. The second-order valence-corrected chi connectivity index (χ2v) is 11.0. The molecule has 0 radical (unpaired) electrons. The number of benzene rings is 3. The largest absolute Gasteiger partial charge is 0.352 e. The average Bonchev–Trinajstić information content (AvgIpc) is 2.89. The van der Waals surface area contributed by atoms with Gasteiger partial charge in [-0.25, -0.2) is 0 Å². The Kier molecular flexibility index (Phi) is 11.6. The summed E-state index contributed by atoms with van der Waals surface area (Å²) in [6.45, 7) is 4.43. The first-order chi connectivity index (χ1) is 17.5. The molecule has 2 amide bonds. The third kappa shape index (κ3) is 9.14. The summed E-state index contributed by atoms with van der Waals surface area (Å²) < 4.78 is 0.953. The minimum Gasteiger partial charge on any atom is -0.352 e. The van der Waals surface area contributed by atoms with Crippen LogP contribution in [0.4, 0.5) is 0 Å². The first-order valence-electron chi connectivity index (χ1n) is 12.5. The molecule has 2 atom stereocenters. The lowest BCUT2D eigenvalue weighted by Crippen LogP contribution is -2.52. The number of hydrogen-bond acceptors (Lipinski definition) is 3. The molecule has 3 aromatic rings. The maximum Gasteiger partial charge on any atom is 0.243 e. The molecule has 0 bridgehead atoms. The lowest BCUT2D eigenvalue weighted by atomic mass is 10.0. The van der Waals surface area contributed by atoms with Gasteiger partial charge >= 0.3 is 0 Å². The van der Waals surface area contributed by atoms with Crippen LogP contribution in [0.2, 0.25) is 0 Å². The topological polar surface area (TPSA) is 49.4 Å². The Balaban J connectivity index is 1.80. The lowest BCUT2D eigenvalue weighted by molar-refractivity contribution is -0.141. The van der Waals surface area contributed by atoms with Crippen LogP contribution in [0.25, 0.3) is 0 Å². The van der Waals surface area contributed by atoms with Crippen molar-refractivity contribution >= 4 is 39.5 Å². The van der Waals surface area contributed by atoms with E-state index in [1.165, 1.54) is 5.56 Å². The van der Waals surface area contributed by atoms with E-state index in [0.717, 1.165) is 27.8 Å². The van der Waals surface area contributed by atoms with Gasteiger partial charge in [-0.15, -0.1) is 0 Å². The van der Waals surface area contributed by atoms with Gasteiger partial charge in [-0.1, -0.05) is 95.7 Å². The summed E-state index contributed by atoms with van der Waals surface area (Å²) in [5.41, 5.74) is 3.27. The summed E-state index contributed by atoms with van der Waals surface area (Å²) in [4.78, 5) is 28.9. The molecular formula is C30H35BrN2O2S. The van der Waals surface area contributed by atoms with Gasteiger partial charge in [-0.3, -0.25) is 9.59 Å². The molecule has 0 spiro atoms. The van der Waals surface area contributed by atoms with Crippen LogP contribution in [0.15, 0.2) is 89.4 Å². The highest BCUT2D eigenvalue weighted by Gasteiger charge is 2.30. The molecule has 0 aliphatic carbocycles. The minimum atomic E-state index is -0.591. The van der Waals surface area contributed by atoms with Crippen molar-refractivity contribution in [2.45, 2.75) is 57.5 Å². The van der Waals surface area contributed by atoms with Gasteiger partial charge in [0.05, 0.1) is 0 Å². The summed E-state index contributed by atoms with van der Waals surface area (Å²) >= 11 is 5.28. The fraction of sp³-hybridized carbons (Fsp3) is 0.333. The lowest BCUT2D eigenvalue weighted by Gasteiger charge is -2.32. The molecule has 0 heterocycles. The Hall–Kier alpha value is -2.57. The zero-order valence-electron chi connectivity index (χ0n) is 21.0. The average molecular weight is 568 g/mol. The van der Waals surface area contributed by atoms with Crippen molar-refractivity contribution in [2.75, 3.05) is 5.75 Å². The van der Waals surface area contributed by atoms with Gasteiger partial charge in [0.15, 0.2) is 0 Å². The van der Waals surface area contributed by atoms with Crippen LogP contribution >= 0.6 is 27.7 Å². The zero-order chi connectivity index (χ0) is 25.8. The van der Waals surface area contributed by atoms with E-state index in [1.807, 2.05) is 86.6 Å². The molecule has 0 aromatic heterocycles. The predicted molar refractivity (Wildman–Crippen MR) is 154 cm³/mol. The first-order valence-corrected chi connectivity index (χ1v) is 14.4. The van der Waals surface area contributed by atoms with Crippen LogP contribution in [-0.4, -0.2) is 34.6 Å². The summed E-state index contributed by atoms with van der Waals surface area (Å²) in [5.74, 6) is 1.46. The number of thioether (sulfide) groups is 1. The van der Waals surface area contributed by atoms with E-state index in [-0.39, 0.29) is 17.9 Å². The molecule has 0 aliphatic heterocycles. The van der Waals surface area contributed by atoms with Gasteiger partial charge in [0.2, 0.25) is 11.8 Å². The fourth-order valence-electron chi connectivity index (χ4n) is 3.89. The van der Waals surface area contributed by atoms with E-state index in [0.29, 0.717) is 25.1 Å². The van der Waals surface area contributed by atoms with Crippen LogP contribution in [0.3, 0.4) is 0 Å². The molecule has 0 saturated heterocycles. The zero-order valence-corrected chi connectivity index (χ0v) is 23.4. The number of rotatable bonds is 13. The molecule has 3 rings (SSSR count). The SMILES string of the molecule is CC[C@H](C)NC(=O)[C@H](Cc1ccccc1)N(Cc1cccc(Br)c1)C(=O)CCSCc1ccccc1. The quantitative estimate of drug-likeness (QED) is 0.236.